The first kappa shape index (κ1) is 21.3. The molecule has 6 nitrogen and oxygen atoms in total. The number of amides is 1. The quantitative estimate of drug-likeness (QED) is 0.698. The average Bonchev–Trinajstić information content (AvgIpc) is 3.09. The molecule has 0 unspecified atom stereocenters. The Morgan fingerprint density at radius 1 is 1.21 bits per heavy atom. The molecule has 29 heavy (non-hydrogen) atoms. The first-order valence-corrected chi connectivity index (χ1v) is 9.84. The van der Waals surface area contributed by atoms with E-state index in [0.29, 0.717) is 22.9 Å². The predicted molar refractivity (Wildman–Crippen MR) is 117 cm³/mol. The molecular weight excluding hydrogens is 388 g/mol. The normalized spacial score (nSPS) is 14.8. The van der Waals surface area contributed by atoms with Crippen molar-refractivity contribution in [1.82, 2.24) is 20.4 Å². The molecular formula is C22H27ClN4O2. The lowest BCUT2D eigenvalue weighted by Crippen LogP contribution is -2.40. The number of fused-ring (bicyclic) bond motifs is 1. The van der Waals surface area contributed by atoms with Crippen molar-refractivity contribution >= 4 is 29.4 Å². The molecule has 1 N–H and O–H groups in total. The Hall–Kier alpha value is -2.44. The number of hydrogen-bond acceptors (Lipinski definition) is 5. The van der Waals surface area contributed by atoms with Gasteiger partial charge in [-0.25, -0.2) is 4.98 Å². The minimum absolute atomic E-state index is 0. The Kier molecular flexibility index (Phi) is 6.55. The van der Waals surface area contributed by atoms with Gasteiger partial charge >= 0.3 is 0 Å². The number of nitrogens with zero attached hydrogens (tertiary/aromatic N) is 3. The Labute approximate surface area is 177 Å². The molecule has 0 atom stereocenters. The summed E-state index contributed by atoms with van der Waals surface area (Å²) in [6, 6.07) is 10.0. The molecule has 1 aromatic carbocycles. The lowest BCUT2D eigenvalue weighted by Gasteiger charge is -2.32. The molecule has 3 heterocycles. The van der Waals surface area contributed by atoms with E-state index in [2.05, 4.69) is 15.5 Å². The second-order valence-electron chi connectivity index (χ2n) is 7.66. The van der Waals surface area contributed by atoms with Crippen molar-refractivity contribution in [1.29, 1.82) is 0 Å². The molecule has 0 aliphatic carbocycles. The highest BCUT2D eigenvalue weighted by Crippen LogP contribution is 2.29. The Morgan fingerprint density at radius 3 is 2.55 bits per heavy atom. The van der Waals surface area contributed by atoms with Crippen LogP contribution in [0, 0.1) is 19.8 Å². The number of carbonyl (C=O) groups is 1. The number of halogens is 1. The van der Waals surface area contributed by atoms with Crippen LogP contribution in [0.4, 0.5) is 0 Å². The van der Waals surface area contributed by atoms with E-state index in [1.807, 2.05) is 56.1 Å². The van der Waals surface area contributed by atoms with Crippen LogP contribution in [-0.2, 0) is 0 Å². The monoisotopic (exact) mass is 414 g/mol. The first-order valence-electron chi connectivity index (χ1n) is 9.84. The van der Waals surface area contributed by atoms with Crippen LogP contribution in [0.5, 0.6) is 0 Å². The van der Waals surface area contributed by atoms with Gasteiger partial charge in [-0.2, -0.15) is 0 Å². The molecule has 154 valence electrons. The topological polar surface area (TPSA) is 71.3 Å². The summed E-state index contributed by atoms with van der Waals surface area (Å²) in [5.74, 6) is 0.668. The maximum atomic E-state index is 13.4. The van der Waals surface area contributed by atoms with E-state index in [1.54, 1.807) is 0 Å². The molecule has 1 fully saturated rings. The van der Waals surface area contributed by atoms with E-state index in [4.69, 9.17) is 4.52 Å². The number of pyridine rings is 1. The van der Waals surface area contributed by atoms with E-state index >= 15 is 0 Å². The molecule has 7 heteroatoms. The van der Waals surface area contributed by atoms with Gasteiger partial charge in [-0.15, -0.1) is 12.4 Å². The van der Waals surface area contributed by atoms with Gasteiger partial charge in [0.05, 0.1) is 22.3 Å². The maximum absolute atomic E-state index is 13.4. The summed E-state index contributed by atoms with van der Waals surface area (Å²) in [7, 11) is 1.98. The molecule has 0 spiro atoms. The summed E-state index contributed by atoms with van der Waals surface area (Å²) in [6.45, 7) is 6.46. The SMILES string of the molecule is CNCC1CCN(C(=O)c2cc(-c3ccc(C)cc3)nc3onc(C)c23)CC1.Cl. The highest BCUT2D eigenvalue weighted by atomic mass is 35.5. The lowest BCUT2D eigenvalue weighted by molar-refractivity contribution is 0.0693. The second kappa shape index (κ2) is 8.93. The lowest BCUT2D eigenvalue weighted by atomic mass is 9.96. The van der Waals surface area contributed by atoms with Crippen LogP contribution in [0.25, 0.3) is 22.4 Å². The summed E-state index contributed by atoms with van der Waals surface area (Å²) in [5, 5.41) is 8.01. The van der Waals surface area contributed by atoms with Crippen LogP contribution < -0.4 is 5.32 Å². The van der Waals surface area contributed by atoms with Crippen LogP contribution in [0.3, 0.4) is 0 Å². The largest absolute Gasteiger partial charge is 0.339 e. The van der Waals surface area contributed by atoms with E-state index in [-0.39, 0.29) is 18.3 Å². The summed E-state index contributed by atoms with van der Waals surface area (Å²) in [6.07, 6.45) is 2.04. The molecule has 2 aromatic heterocycles. The zero-order chi connectivity index (χ0) is 19.7. The number of aryl methyl sites for hydroxylation is 2. The standard InChI is InChI=1S/C22H26N4O2.ClH/c1-14-4-6-17(7-5-14)19-12-18(20-15(2)25-28-21(20)24-19)22(27)26-10-8-16(9-11-26)13-23-3;/h4-7,12,16,23H,8-11,13H2,1-3H3;1H. The fourth-order valence-corrected chi connectivity index (χ4v) is 3.93. The Bertz CT molecular complexity index is 992. The minimum Gasteiger partial charge on any atom is -0.339 e. The minimum atomic E-state index is 0. The van der Waals surface area contributed by atoms with Gasteiger partial charge in [0.25, 0.3) is 11.6 Å². The van der Waals surface area contributed by atoms with Gasteiger partial charge in [-0.05, 0) is 52.3 Å². The van der Waals surface area contributed by atoms with Crippen molar-refractivity contribution in [2.45, 2.75) is 26.7 Å². The van der Waals surface area contributed by atoms with Gasteiger partial charge in [0.2, 0.25) is 0 Å². The number of piperidine rings is 1. The number of likely N-dealkylation sites (tertiary alicyclic amines) is 1. The summed E-state index contributed by atoms with van der Waals surface area (Å²) in [5.41, 5.74) is 4.63. The molecule has 0 saturated carbocycles. The third-order valence-electron chi connectivity index (χ3n) is 5.59. The molecule has 1 amide bonds. The summed E-state index contributed by atoms with van der Waals surface area (Å²) < 4.78 is 5.42. The van der Waals surface area contributed by atoms with Crippen LogP contribution in [-0.4, -0.2) is 47.6 Å². The third kappa shape index (κ3) is 4.28. The number of benzene rings is 1. The Balaban J connectivity index is 0.00000240. The molecule has 4 rings (SSSR count). The van der Waals surface area contributed by atoms with Gasteiger partial charge in [0.1, 0.15) is 0 Å². The first-order chi connectivity index (χ1) is 13.6. The van der Waals surface area contributed by atoms with Crippen molar-refractivity contribution in [2.75, 3.05) is 26.7 Å². The van der Waals surface area contributed by atoms with Crippen molar-refractivity contribution in [3.05, 3.63) is 47.2 Å². The summed E-state index contributed by atoms with van der Waals surface area (Å²) >= 11 is 0. The number of carbonyl (C=O) groups excluding carboxylic acids is 1. The van der Waals surface area contributed by atoms with Crippen molar-refractivity contribution in [2.24, 2.45) is 5.92 Å². The molecule has 1 saturated heterocycles. The summed E-state index contributed by atoms with van der Waals surface area (Å²) in [4.78, 5) is 19.9. The molecule has 0 radical (unpaired) electrons. The zero-order valence-electron chi connectivity index (χ0n) is 17.1. The predicted octanol–water partition coefficient (Wildman–Crippen LogP) is 4.00. The molecule has 3 aromatic rings. The van der Waals surface area contributed by atoms with Gasteiger partial charge < -0.3 is 14.7 Å². The number of aromatic nitrogens is 2. The fraction of sp³-hybridized carbons (Fsp3) is 0.409. The molecule has 1 aliphatic rings. The van der Waals surface area contributed by atoms with E-state index in [9.17, 15) is 4.79 Å². The molecule has 1 aliphatic heterocycles. The van der Waals surface area contributed by atoms with Crippen LogP contribution in [0.15, 0.2) is 34.9 Å². The third-order valence-corrected chi connectivity index (χ3v) is 5.59. The van der Waals surface area contributed by atoms with E-state index < -0.39 is 0 Å². The number of rotatable bonds is 4. The van der Waals surface area contributed by atoms with Crippen molar-refractivity contribution in [3.63, 3.8) is 0 Å². The van der Waals surface area contributed by atoms with Gasteiger partial charge in [0, 0.05) is 18.7 Å². The van der Waals surface area contributed by atoms with Crippen LogP contribution in [0.1, 0.15) is 34.5 Å². The van der Waals surface area contributed by atoms with Crippen molar-refractivity contribution < 1.29 is 9.32 Å². The van der Waals surface area contributed by atoms with Gasteiger partial charge in [-0.3, -0.25) is 4.79 Å². The number of hydrogen-bond donors (Lipinski definition) is 1. The van der Waals surface area contributed by atoms with Crippen LogP contribution >= 0.6 is 12.4 Å². The highest BCUT2D eigenvalue weighted by Gasteiger charge is 2.27. The average molecular weight is 415 g/mol. The van der Waals surface area contributed by atoms with Gasteiger partial charge in [0.15, 0.2) is 0 Å². The van der Waals surface area contributed by atoms with Crippen molar-refractivity contribution in [3.8, 4) is 11.3 Å². The highest BCUT2D eigenvalue weighted by molar-refractivity contribution is 6.07. The van der Waals surface area contributed by atoms with Gasteiger partial charge in [-0.1, -0.05) is 35.0 Å². The fourth-order valence-electron chi connectivity index (χ4n) is 3.93. The molecule has 0 bridgehead atoms. The Morgan fingerprint density at radius 2 is 1.90 bits per heavy atom. The van der Waals surface area contributed by atoms with Crippen LogP contribution in [0.2, 0.25) is 0 Å². The van der Waals surface area contributed by atoms with E-state index in [1.165, 1.54) is 5.56 Å². The second-order valence-corrected chi connectivity index (χ2v) is 7.66. The maximum Gasteiger partial charge on any atom is 0.259 e. The number of nitrogens with one attached hydrogen (secondary N) is 1. The zero-order valence-corrected chi connectivity index (χ0v) is 17.9. The van der Waals surface area contributed by atoms with E-state index in [0.717, 1.165) is 49.1 Å². The smallest absolute Gasteiger partial charge is 0.259 e.